The molecule has 1 unspecified atom stereocenters. The fraction of sp³-hybridized carbons (Fsp3) is 0.385. The number of nitrogens with zero attached hydrogens (tertiary/aromatic N) is 1. The first-order valence-electron chi connectivity index (χ1n) is 10.9. The Balaban J connectivity index is 1.79. The molecule has 3 rings (SSSR count). The Morgan fingerprint density at radius 2 is 1.84 bits per heavy atom. The van der Waals surface area contributed by atoms with E-state index in [2.05, 4.69) is 24.8 Å². The number of fused-ring (bicyclic) bond motifs is 1. The first-order chi connectivity index (χ1) is 15.0. The van der Waals surface area contributed by atoms with Gasteiger partial charge in [0.15, 0.2) is 0 Å². The number of rotatable bonds is 8. The summed E-state index contributed by atoms with van der Waals surface area (Å²) in [7, 11) is 1.36. The number of ether oxygens (including phenoxy) is 2. The molecule has 5 heteroatoms. The average Bonchev–Trinajstić information content (AvgIpc) is 2.78. The number of methoxy groups -OCH3 is 1. The molecule has 0 spiro atoms. The van der Waals surface area contributed by atoms with Gasteiger partial charge in [-0.15, -0.1) is 0 Å². The normalized spacial score (nSPS) is 18.3. The highest BCUT2D eigenvalue weighted by Gasteiger charge is 2.32. The highest BCUT2D eigenvalue weighted by molar-refractivity contribution is 5.96. The highest BCUT2D eigenvalue weighted by atomic mass is 16.5. The molecule has 0 fully saturated rings. The van der Waals surface area contributed by atoms with Gasteiger partial charge < -0.3 is 14.4 Å². The number of esters is 2. The van der Waals surface area contributed by atoms with Crippen molar-refractivity contribution >= 4 is 18.0 Å². The molecule has 1 aromatic rings. The Morgan fingerprint density at radius 3 is 2.45 bits per heavy atom. The number of hydrogen-bond donors (Lipinski definition) is 0. The van der Waals surface area contributed by atoms with Gasteiger partial charge in [-0.05, 0) is 55.5 Å². The van der Waals surface area contributed by atoms with Crippen molar-refractivity contribution in [3.63, 3.8) is 0 Å². The summed E-state index contributed by atoms with van der Waals surface area (Å²) in [5.74, 6) is 0.149. The van der Waals surface area contributed by atoms with Crippen LogP contribution in [-0.4, -0.2) is 37.0 Å². The van der Waals surface area contributed by atoms with Gasteiger partial charge in [-0.1, -0.05) is 38.1 Å². The van der Waals surface area contributed by atoms with Gasteiger partial charge in [-0.25, -0.2) is 9.59 Å². The zero-order valence-electron chi connectivity index (χ0n) is 18.8. The molecular formula is C26H31NO4. The number of allylic oxidation sites excluding steroid dienone is 3. The van der Waals surface area contributed by atoms with Crippen LogP contribution in [-0.2, 0) is 14.3 Å². The summed E-state index contributed by atoms with van der Waals surface area (Å²) >= 11 is 0. The third-order valence-corrected chi connectivity index (χ3v) is 5.70. The molecule has 0 saturated heterocycles. The molecule has 0 aromatic heterocycles. The number of hydrogen-bond acceptors (Lipinski definition) is 5. The van der Waals surface area contributed by atoms with E-state index in [0.29, 0.717) is 11.1 Å². The molecule has 0 amide bonds. The molecule has 0 radical (unpaired) electrons. The molecule has 1 aromatic carbocycles. The molecule has 1 aliphatic heterocycles. The molecule has 31 heavy (non-hydrogen) atoms. The van der Waals surface area contributed by atoms with Crippen molar-refractivity contribution in [1.82, 2.24) is 4.90 Å². The predicted molar refractivity (Wildman–Crippen MR) is 122 cm³/mol. The lowest BCUT2D eigenvalue weighted by molar-refractivity contribution is -0.136. The second kappa shape index (κ2) is 10.3. The summed E-state index contributed by atoms with van der Waals surface area (Å²) in [6.45, 7) is 8.36. The summed E-state index contributed by atoms with van der Waals surface area (Å²) in [6.07, 6.45) is 11.0. The van der Waals surface area contributed by atoms with E-state index >= 15 is 0 Å². The fourth-order valence-corrected chi connectivity index (χ4v) is 4.02. The largest absolute Gasteiger partial charge is 0.465 e. The van der Waals surface area contributed by atoms with E-state index in [1.54, 1.807) is 18.2 Å². The molecule has 164 valence electrons. The lowest BCUT2D eigenvalue weighted by Gasteiger charge is -2.33. The molecule has 0 saturated carbocycles. The average molecular weight is 422 g/mol. The molecular weight excluding hydrogens is 390 g/mol. The minimum atomic E-state index is -0.370. The Labute approximate surface area is 184 Å². The second-order valence-corrected chi connectivity index (χ2v) is 7.88. The lowest BCUT2D eigenvalue weighted by Crippen LogP contribution is -2.29. The zero-order valence-corrected chi connectivity index (χ0v) is 18.8. The second-order valence-electron chi connectivity index (χ2n) is 7.88. The first kappa shape index (κ1) is 22.6. The molecule has 1 aliphatic carbocycles. The monoisotopic (exact) mass is 421 g/mol. The Hall–Kier alpha value is -3.08. The van der Waals surface area contributed by atoms with Gasteiger partial charge in [-0.3, -0.25) is 0 Å². The molecule has 0 bridgehead atoms. The van der Waals surface area contributed by atoms with Gasteiger partial charge in [0.05, 0.1) is 18.2 Å². The molecule has 1 atom stereocenters. The van der Waals surface area contributed by atoms with E-state index in [0.717, 1.165) is 54.9 Å². The van der Waals surface area contributed by atoms with Gasteiger partial charge in [0.25, 0.3) is 0 Å². The van der Waals surface area contributed by atoms with Crippen molar-refractivity contribution in [3.05, 3.63) is 76.2 Å². The molecule has 5 nitrogen and oxygen atoms in total. The molecule has 0 N–H and O–H groups in total. The molecule has 2 aliphatic rings. The van der Waals surface area contributed by atoms with E-state index in [-0.39, 0.29) is 17.9 Å². The minimum Gasteiger partial charge on any atom is -0.465 e. The first-order valence-corrected chi connectivity index (χ1v) is 10.9. The predicted octanol–water partition coefficient (Wildman–Crippen LogP) is 5.27. The van der Waals surface area contributed by atoms with Crippen molar-refractivity contribution in [2.24, 2.45) is 5.92 Å². The van der Waals surface area contributed by atoms with Gasteiger partial charge in [0.1, 0.15) is 5.76 Å². The number of carbonyl (C=O) groups excluding carboxylic acids is 2. The van der Waals surface area contributed by atoms with Crippen molar-refractivity contribution < 1.29 is 19.1 Å². The van der Waals surface area contributed by atoms with Crippen LogP contribution in [0.4, 0.5) is 0 Å². The third kappa shape index (κ3) is 5.16. The van der Waals surface area contributed by atoms with Crippen LogP contribution in [0.5, 0.6) is 0 Å². The van der Waals surface area contributed by atoms with Crippen LogP contribution in [0, 0.1) is 5.92 Å². The van der Waals surface area contributed by atoms with E-state index in [4.69, 9.17) is 9.47 Å². The van der Waals surface area contributed by atoms with Crippen molar-refractivity contribution in [2.45, 2.75) is 40.0 Å². The number of carbonyl (C=O) groups is 2. The van der Waals surface area contributed by atoms with Crippen molar-refractivity contribution in [2.75, 3.05) is 20.2 Å². The van der Waals surface area contributed by atoms with Gasteiger partial charge in [0.2, 0.25) is 0 Å². The Kier molecular flexibility index (Phi) is 7.50. The standard InChI is InChI=1S/C26H31NO4/c1-5-15-27(16-6-2)21-12-14-22-18(3)23(26(29)31-24(22)17-21)13-9-19-7-10-20(11-8-19)25(28)30-4/h7-13,17,22H,5-6,14-16H2,1-4H3/b13-9+. The van der Waals surface area contributed by atoms with Crippen LogP contribution >= 0.6 is 0 Å². The maximum absolute atomic E-state index is 12.7. The van der Waals surface area contributed by atoms with Gasteiger partial charge in [0, 0.05) is 30.8 Å². The quantitative estimate of drug-likeness (QED) is 0.535. The topological polar surface area (TPSA) is 55.8 Å². The van der Waals surface area contributed by atoms with E-state index in [1.807, 2.05) is 31.2 Å². The maximum atomic E-state index is 12.7. The SMILES string of the molecule is CCCN(CCC)C1=CCC2C(=C1)OC(=O)C(/C=C/c1ccc(C(=O)OC)cc1)=C2C. The maximum Gasteiger partial charge on any atom is 0.343 e. The molecule has 1 heterocycles. The van der Waals surface area contributed by atoms with Gasteiger partial charge in [-0.2, -0.15) is 0 Å². The van der Waals surface area contributed by atoms with Crippen molar-refractivity contribution in [1.29, 1.82) is 0 Å². The third-order valence-electron chi connectivity index (χ3n) is 5.70. The lowest BCUT2D eigenvalue weighted by atomic mass is 9.85. The van der Waals surface area contributed by atoms with Crippen LogP contribution in [0.2, 0.25) is 0 Å². The smallest absolute Gasteiger partial charge is 0.343 e. The van der Waals surface area contributed by atoms with Crippen LogP contribution in [0.25, 0.3) is 6.08 Å². The minimum absolute atomic E-state index is 0.0907. The highest BCUT2D eigenvalue weighted by Crippen LogP contribution is 2.38. The van der Waals surface area contributed by atoms with Crippen LogP contribution in [0.15, 0.2) is 65.1 Å². The van der Waals surface area contributed by atoms with E-state index < -0.39 is 0 Å². The fourth-order valence-electron chi connectivity index (χ4n) is 4.02. The van der Waals surface area contributed by atoms with Crippen LogP contribution in [0.3, 0.4) is 0 Å². The Morgan fingerprint density at radius 1 is 1.16 bits per heavy atom. The van der Waals surface area contributed by atoms with E-state index in [9.17, 15) is 9.59 Å². The van der Waals surface area contributed by atoms with Crippen molar-refractivity contribution in [3.8, 4) is 0 Å². The van der Waals surface area contributed by atoms with Gasteiger partial charge >= 0.3 is 11.9 Å². The van der Waals surface area contributed by atoms with E-state index in [1.165, 1.54) is 7.11 Å². The summed E-state index contributed by atoms with van der Waals surface area (Å²) in [5, 5.41) is 0. The Bertz CT molecular complexity index is 944. The summed E-state index contributed by atoms with van der Waals surface area (Å²) in [4.78, 5) is 26.7. The number of benzene rings is 1. The van der Waals surface area contributed by atoms with Crippen LogP contribution < -0.4 is 0 Å². The summed E-state index contributed by atoms with van der Waals surface area (Å²) in [6, 6.07) is 7.06. The zero-order chi connectivity index (χ0) is 22.4. The summed E-state index contributed by atoms with van der Waals surface area (Å²) in [5.41, 5.74) is 4.16. The van der Waals surface area contributed by atoms with Crippen LogP contribution in [0.1, 0.15) is 56.0 Å². The summed E-state index contributed by atoms with van der Waals surface area (Å²) < 4.78 is 10.5.